The van der Waals surface area contributed by atoms with Crippen LogP contribution in [-0.2, 0) is 17.0 Å². The molecule has 1 N–H and O–H groups in total. The number of nitriles is 1. The number of amides is 1. The van der Waals surface area contributed by atoms with Crippen LogP contribution in [0.1, 0.15) is 28.1 Å². The number of aromatic nitrogens is 4. The lowest BCUT2D eigenvalue weighted by molar-refractivity contribution is -0.120. The molecule has 0 saturated carbocycles. The van der Waals surface area contributed by atoms with E-state index in [1.54, 1.807) is 16.3 Å². The highest BCUT2D eigenvalue weighted by Gasteiger charge is 2.14. The number of rotatable bonds is 7. The van der Waals surface area contributed by atoms with Crippen molar-refractivity contribution in [1.82, 2.24) is 24.9 Å². The largest absolute Gasteiger partial charge is 0.355 e. The summed E-state index contributed by atoms with van der Waals surface area (Å²) in [5.41, 5.74) is 4.28. The van der Waals surface area contributed by atoms with Crippen LogP contribution in [-0.4, -0.2) is 37.8 Å². The molecular formula is C19H20N6OS. The smallest absolute Gasteiger partial charge is 0.252 e. The molecule has 0 aliphatic rings. The summed E-state index contributed by atoms with van der Waals surface area (Å²) >= 11 is 1.69. The lowest BCUT2D eigenvalue weighted by Gasteiger charge is -2.11. The van der Waals surface area contributed by atoms with Gasteiger partial charge in [0.1, 0.15) is 6.33 Å². The predicted molar refractivity (Wildman–Crippen MR) is 104 cm³/mol. The van der Waals surface area contributed by atoms with E-state index < -0.39 is 0 Å². The van der Waals surface area contributed by atoms with Gasteiger partial charge in [-0.05, 0) is 25.5 Å². The van der Waals surface area contributed by atoms with Crippen molar-refractivity contribution in [2.24, 2.45) is 0 Å². The van der Waals surface area contributed by atoms with Crippen molar-refractivity contribution >= 4 is 23.4 Å². The maximum Gasteiger partial charge on any atom is 0.252 e. The quantitative estimate of drug-likeness (QED) is 0.631. The summed E-state index contributed by atoms with van der Waals surface area (Å²) in [6, 6.07) is 9.78. The van der Waals surface area contributed by atoms with Crippen LogP contribution >= 0.6 is 11.8 Å². The fourth-order valence-corrected chi connectivity index (χ4v) is 3.70. The van der Waals surface area contributed by atoms with Crippen molar-refractivity contribution in [3.05, 3.63) is 58.7 Å². The number of hydrogen-bond acceptors (Lipinski definition) is 6. The molecule has 0 bridgehead atoms. The molecule has 1 amide bonds. The van der Waals surface area contributed by atoms with Crippen LogP contribution in [0.5, 0.6) is 0 Å². The fourth-order valence-electron chi connectivity index (χ4n) is 2.83. The van der Waals surface area contributed by atoms with Crippen molar-refractivity contribution in [3.63, 3.8) is 0 Å². The van der Waals surface area contributed by atoms with Crippen LogP contribution in [0.4, 0.5) is 0 Å². The highest BCUT2D eigenvalue weighted by Crippen LogP contribution is 2.16. The van der Waals surface area contributed by atoms with Crippen molar-refractivity contribution in [2.75, 3.05) is 12.3 Å². The predicted octanol–water partition coefficient (Wildman–Crippen LogP) is 2.20. The first-order chi connectivity index (χ1) is 13.1. The van der Waals surface area contributed by atoms with Crippen molar-refractivity contribution in [2.45, 2.75) is 26.0 Å². The monoisotopic (exact) mass is 380 g/mol. The zero-order chi connectivity index (χ0) is 19.2. The molecule has 0 unspecified atom stereocenters. The van der Waals surface area contributed by atoms with Gasteiger partial charge in [0, 0.05) is 35.0 Å². The van der Waals surface area contributed by atoms with Gasteiger partial charge in [-0.2, -0.15) is 27.1 Å². The maximum atomic E-state index is 12.3. The Morgan fingerprint density at radius 2 is 2.15 bits per heavy atom. The third-order valence-corrected chi connectivity index (χ3v) is 5.30. The molecule has 0 aliphatic carbocycles. The molecule has 3 rings (SSSR count). The third kappa shape index (κ3) is 4.44. The SMILES string of the molecule is Cc1nc2ncnn2c(C)c1CC(=O)NCCSCc1ccccc1C#N. The Balaban J connectivity index is 1.49. The molecule has 27 heavy (non-hydrogen) atoms. The van der Waals surface area contributed by atoms with Crippen molar-refractivity contribution in [3.8, 4) is 6.07 Å². The summed E-state index contributed by atoms with van der Waals surface area (Å²) < 4.78 is 1.65. The summed E-state index contributed by atoms with van der Waals surface area (Å²) in [7, 11) is 0. The molecule has 8 heteroatoms. The van der Waals surface area contributed by atoms with Crippen molar-refractivity contribution in [1.29, 1.82) is 5.26 Å². The number of thioether (sulfide) groups is 1. The van der Waals surface area contributed by atoms with Gasteiger partial charge in [0.15, 0.2) is 0 Å². The first-order valence-electron chi connectivity index (χ1n) is 8.58. The van der Waals surface area contributed by atoms with Gasteiger partial charge in [-0.15, -0.1) is 0 Å². The number of carbonyl (C=O) groups excluding carboxylic acids is 1. The molecule has 0 aliphatic heterocycles. The maximum absolute atomic E-state index is 12.3. The van der Waals surface area contributed by atoms with Crippen LogP contribution in [0.3, 0.4) is 0 Å². The fraction of sp³-hybridized carbons (Fsp3) is 0.316. The molecular weight excluding hydrogens is 360 g/mol. The van der Waals surface area contributed by atoms with E-state index in [-0.39, 0.29) is 12.3 Å². The number of nitrogens with zero attached hydrogens (tertiary/aromatic N) is 5. The molecule has 1 aromatic carbocycles. The lowest BCUT2D eigenvalue weighted by Crippen LogP contribution is -2.28. The van der Waals surface area contributed by atoms with Crippen LogP contribution in [0, 0.1) is 25.2 Å². The van der Waals surface area contributed by atoms with Gasteiger partial charge >= 0.3 is 0 Å². The minimum absolute atomic E-state index is 0.0412. The summed E-state index contributed by atoms with van der Waals surface area (Å²) in [5.74, 6) is 2.04. The topological polar surface area (TPSA) is 96.0 Å². The second kappa shape index (κ2) is 8.64. The summed E-state index contributed by atoms with van der Waals surface area (Å²) in [6.45, 7) is 4.38. The molecule has 0 spiro atoms. The number of carbonyl (C=O) groups is 1. The second-order valence-electron chi connectivity index (χ2n) is 6.08. The van der Waals surface area contributed by atoms with E-state index in [2.05, 4.69) is 26.5 Å². The van der Waals surface area contributed by atoms with E-state index in [1.807, 2.05) is 38.1 Å². The molecule has 0 saturated heterocycles. The summed E-state index contributed by atoms with van der Waals surface area (Å²) in [6.07, 6.45) is 1.72. The number of aryl methyl sites for hydroxylation is 2. The van der Waals surface area contributed by atoms with E-state index in [0.29, 0.717) is 17.9 Å². The first-order valence-corrected chi connectivity index (χ1v) is 9.74. The number of benzene rings is 1. The van der Waals surface area contributed by atoms with E-state index in [9.17, 15) is 4.79 Å². The number of fused-ring (bicyclic) bond motifs is 1. The van der Waals surface area contributed by atoms with E-state index >= 15 is 0 Å². The molecule has 2 aromatic heterocycles. The molecule has 7 nitrogen and oxygen atoms in total. The summed E-state index contributed by atoms with van der Waals surface area (Å²) in [5, 5.41) is 16.2. The minimum atomic E-state index is -0.0412. The molecule has 138 valence electrons. The van der Waals surface area contributed by atoms with Crippen LogP contribution in [0.2, 0.25) is 0 Å². The average molecular weight is 380 g/mol. The molecule has 3 aromatic rings. The Morgan fingerprint density at radius 1 is 1.33 bits per heavy atom. The standard InChI is InChI=1S/C19H20N6OS/c1-13-17(14(2)25-19(24-13)22-12-23-25)9-18(26)21-7-8-27-11-16-6-4-3-5-15(16)10-20/h3-6,12H,7-9,11H2,1-2H3,(H,21,26). The molecule has 2 heterocycles. The number of nitrogens with one attached hydrogen (secondary N) is 1. The van der Waals surface area contributed by atoms with Gasteiger partial charge in [-0.1, -0.05) is 18.2 Å². The zero-order valence-corrected chi connectivity index (χ0v) is 16.1. The highest BCUT2D eigenvalue weighted by molar-refractivity contribution is 7.98. The van der Waals surface area contributed by atoms with Crippen LogP contribution in [0.15, 0.2) is 30.6 Å². The molecule has 0 radical (unpaired) electrons. The van der Waals surface area contributed by atoms with Gasteiger partial charge in [0.25, 0.3) is 5.78 Å². The van der Waals surface area contributed by atoms with Gasteiger partial charge in [0.2, 0.25) is 5.91 Å². The van der Waals surface area contributed by atoms with Gasteiger partial charge in [0.05, 0.1) is 18.1 Å². The van der Waals surface area contributed by atoms with E-state index in [4.69, 9.17) is 5.26 Å². The zero-order valence-electron chi connectivity index (χ0n) is 15.3. The molecule has 0 fully saturated rings. The van der Waals surface area contributed by atoms with Gasteiger partial charge < -0.3 is 5.32 Å². The number of hydrogen-bond donors (Lipinski definition) is 1. The van der Waals surface area contributed by atoms with E-state index in [0.717, 1.165) is 34.0 Å². The second-order valence-corrected chi connectivity index (χ2v) is 7.19. The normalized spacial score (nSPS) is 10.7. The lowest BCUT2D eigenvalue weighted by atomic mass is 10.1. The van der Waals surface area contributed by atoms with E-state index in [1.165, 1.54) is 6.33 Å². The third-order valence-electron chi connectivity index (χ3n) is 4.29. The minimum Gasteiger partial charge on any atom is -0.355 e. The summed E-state index contributed by atoms with van der Waals surface area (Å²) in [4.78, 5) is 20.8. The Kier molecular flexibility index (Phi) is 6.04. The van der Waals surface area contributed by atoms with Crippen molar-refractivity contribution < 1.29 is 4.79 Å². The highest BCUT2D eigenvalue weighted by atomic mass is 32.2. The van der Waals surface area contributed by atoms with Crippen LogP contribution < -0.4 is 5.32 Å². The Morgan fingerprint density at radius 3 is 2.96 bits per heavy atom. The van der Waals surface area contributed by atoms with Gasteiger partial charge in [-0.3, -0.25) is 4.79 Å². The van der Waals surface area contributed by atoms with Crippen LogP contribution in [0.25, 0.3) is 5.78 Å². The first kappa shape index (κ1) is 18.9. The van der Waals surface area contributed by atoms with Gasteiger partial charge in [-0.25, -0.2) is 9.50 Å². The Labute approximate surface area is 161 Å². The molecule has 0 atom stereocenters. The Bertz CT molecular complexity index is 1010. The average Bonchev–Trinajstić information content (AvgIpc) is 3.13. The Hall–Kier alpha value is -2.92.